The highest BCUT2D eigenvalue weighted by atomic mass is 16.4. The Kier molecular flexibility index (Phi) is 6.58. The number of allylic oxidation sites excluding steroid dienone is 1. The zero-order valence-corrected chi connectivity index (χ0v) is 9.84. The maximum atomic E-state index is 10.5. The van der Waals surface area contributed by atoms with Gasteiger partial charge in [0.25, 0.3) is 0 Å². The van der Waals surface area contributed by atoms with Gasteiger partial charge in [0.1, 0.15) is 5.70 Å². The van der Waals surface area contributed by atoms with Crippen LogP contribution in [-0.2, 0) is 4.79 Å². The Morgan fingerprint density at radius 3 is 2.60 bits per heavy atom. The zero-order valence-electron chi connectivity index (χ0n) is 9.84. The van der Waals surface area contributed by atoms with Crippen molar-refractivity contribution in [2.24, 2.45) is 11.7 Å². The van der Waals surface area contributed by atoms with Gasteiger partial charge in [0.2, 0.25) is 0 Å². The Balaban J connectivity index is 3.94. The molecule has 1 unspecified atom stereocenters. The standard InChI is InChI=1S/C11H22N2O2/c1-4-5-6-8(2)7-13-9(3)10(12)11(14)15/h8,13H,4-7,12H2,1-3H3,(H,14,15)/b10-9-. The number of hydrogen-bond acceptors (Lipinski definition) is 3. The van der Waals surface area contributed by atoms with E-state index in [0.717, 1.165) is 13.0 Å². The van der Waals surface area contributed by atoms with Gasteiger partial charge in [-0.2, -0.15) is 0 Å². The molecule has 0 bridgehead atoms. The molecule has 4 heteroatoms. The lowest BCUT2D eigenvalue weighted by Gasteiger charge is -2.14. The van der Waals surface area contributed by atoms with Crippen molar-refractivity contribution in [3.63, 3.8) is 0 Å². The third kappa shape index (κ3) is 5.99. The molecular weight excluding hydrogens is 192 g/mol. The van der Waals surface area contributed by atoms with Crippen molar-refractivity contribution >= 4 is 5.97 Å². The largest absolute Gasteiger partial charge is 0.477 e. The monoisotopic (exact) mass is 214 g/mol. The average molecular weight is 214 g/mol. The number of nitrogens with one attached hydrogen (secondary N) is 1. The summed E-state index contributed by atoms with van der Waals surface area (Å²) in [6.07, 6.45) is 3.56. The molecule has 0 aromatic rings. The summed E-state index contributed by atoms with van der Waals surface area (Å²) in [7, 11) is 0. The number of carboxylic acids is 1. The van der Waals surface area contributed by atoms with Crippen LogP contribution in [0.3, 0.4) is 0 Å². The lowest BCUT2D eigenvalue weighted by molar-refractivity contribution is -0.132. The fourth-order valence-corrected chi connectivity index (χ4v) is 1.24. The van der Waals surface area contributed by atoms with Crippen molar-refractivity contribution in [2.45, 2.75) is 40.0 Å². The highest BCUT2D eigenvalue weighted by Gasteiger charge is 2.07. The summed E-state index contributed by atoms with van der Waals surface area (Å²) in [5.74, 6) is -0.525. The van der Waals surface area contributed by atoms with Crippen molar-refractivity contribution < 1.29 is 9.90 Å². The molecule has 0 rings (SSSR count). The summed E-state index contributed by atoms with van der Waals surface area (Å²) in [4.78, 5) is 10.5. The van der Waals surface area contributed by atoms with Crippen molar-refractivity contribution in [3.8, 4) is 0 Å². The van der Waals surface area contributed by atoms with Crippen molar-refractivity contribution in [1.82, 2.24) is 5.32 Å². The van der Waals surface area contributed by atoms with Crippen LogP contribution in [0.25, 0.3) is 0 Å². The van der Waals surface area contributed by atoms with Gasteiger partial charge in [-0.05, 0) is 19.3 Å². The first kappa shape index (κ1) is 13.8. The van der Waals surface area contributed by atoms with E-state index in [0.29, 0.717) is 11.6 Å². The Hall–Kier alpha value is -1.19. The van der Waals surface area contributed by atoms with Crippen molar-refractivity contribution in [2.75, 3.05) is 6.54 Å². The minimum Gasteiger partial charge on any atom is -0.477 e. The molecule has 0 saturated carbocycles. The fraction of sp³-hybridized carbons (Fsp3) is 0.727. The number of carbonyl (C=O) groups is 1. The first-order valence-corrected chi connectivity index (χ1v) is 5.42. The van der Waals surface area contributed by atoms with Crippen molar-refractivity contribution in [3.05, 3.63) is 11.4 Å². The topological polar surface area (TPSA) is 75.3 Å². The van der Waals surface area contributed by atoms with E-state index < -0.39 is 5.97 Å². The molecule has 0 radical (unpaired) electrons. The molecule has 4 N–H and O–H groups in total. The van der Waals surface area contributed by atoms with Crippen molar-refractivity contribution in [1.29, 1.82) is 0 Å². The summed E-state index contributed by atoms with van der Waals surface area (Å²) in [6.45, 7) is 6.77. The highest BCUT2D eigenvalue weighted by Crippen LogP contribution is 2.07. The lowest BCUT2D eigenvalue weighted by atomic mass is 10.0. The normalized spacial score (nSPS) is 14.3. The molecule has 0 spiro atoms. The van der Waals surface area contributed by atoms with E-state index >= 15 is 0 Å². The van der Waals surface area contributed by atoms with E-state index in [4.69, 9.17) is 10.8 Å². The number of nitrogens with two attached hydrogens (primary N) is 1. The fourth-order valence-electron chi connectivity index (χ4n) is 1.24. The summed E-state index contributed by atoms with van der Waals surface area (Å²) >= 11 is 0. The van der Waals surface area contributed by atoms with Crippen LogP contribution in [0.1, 0.15) is 40.0 Å². The molecule has 0 heterocycles. The first-order chi connectivity index (χ1) is 6.99. The number of aliphatic carboxylic acids is 1. The Morgan fingerprint density at radius 2 is 2.13 bits per heavy atom. The second-order valence-electron chi connectivity index (χ2n) is 3.97. The Bertz CT molecular complexity index is 237. The number of unbranched alkanes of at least 4 members (excludes halogenated alkanes) is 1. The Morgan fingerprint density at radius 1 is 1.53 bits per heavy atom. The van der Waals surface area contributed by atoms with Crippen LogP contribution >= 0.6 is 0 Å². The van der Waals surface area contributed by atoms with Crippen LogP contribution < -0.4 is 11.1 Å². The molecule has 15 heavy (non-hydrogen) atoms. The van der Waals surface area contributed by atoms with Gasteiger partial charge in [-0.15, -0.1) is 0 Å². The molecule has 4 nitrogen and oxygen atoms in total. The first-order valence-electron chi connectivity index (χ1n) is 5.42. The van der Waals surface area contributed by atoms with Gasteiger partial charge in [-0.3, -0.25) is 0 Å². The third-order valence-electron chi connectivity index (χ3n) is 2.40. The van der Waals surface area contributed by atoms with Gasteiger partial charge in [0.05, 0.1) is 0 Å². The Labute approximate surface area is 91.5 Å². The zero-order chi connectivity index (χ0) is 11.8. The van der Waals surface area contributed by atoms with Crippen LogP contribution in [0.15, 0.2) is 11.4 Å². The third-order valence-corrected chi connectivity index (χ3v) is 2.40. The molecule has 0 amide bonds. The summed E-state index contributed by atoms with van der Waals surface area (Å²) < 4.78 is 0. The maximum absolute atomic E-state index is 10.5. The van der Waals surface area contributed by atoms with E-state index in [1.165, 1.54) is 12.8 Å². The molecular formula is C11H22N2O2. The van der Waals surface area contributed by atoms with E-state index in [1.54, 1.807) is 6.92 Å². The van der Waals surface area contributed by atoms with E-state index in [-0.39, 0.29) is 5.70 Å². The van der Waals surface area contributed by atoms with Crippen LogP contribution in [0, 0.1) is 5.92 Å². The van der Waals surface area contributed by atoms with E-state index in [2.05, 4.69) is 19.2 Å². The van der Waals surface area contributed by atoms with Gasteiger partial charge in [-0.25, -0.2) is 4.79 Å². The molecule has 0 fully saturated rings. The van der Waals surface area contributed by atoms with Gasteiger partial charge in [0.15, 0.2) is 0 Å². The van der Waals surface area contributed by atoms with Gasteiger partial charge < -0.3 is 16.2 Å². The predicted octanol–water partition coefficient (Wildman–Crippen LogP) is 1.68. The number of carboxylic acid groups (broad SMARTS) is 1. The second-order valence-corrected chi connectivity index (χ2v) is 3.97. The van der Waals surface area contributed by atoms with Gasteiger partial charge in [0, 0.05) is 12.2 Å². The predicted molar refractivity (Wildman–Crippen MR) is 61.2 cm³/mol. The molecule has 0 aliphatic carbocycles. The molecule has 0 aromatic carbocycles. The average Bonchev–Trinajstić information content (AvgIpc) is 2.21. The van der Waals surface area contributed by atoms with E-state index in [9.17, 15) is 4.79 Å². The lowest BCUT2D eigenvalue weighted by Crippen LogP contribution is -2.25. The minimum absolute atomic E-state index is 0.0994. The van der Waals surface area contributed by atoms with Crippen LogP contribution in [0.4, 0.5) is 0 Å². The number of rotatable bonds is 7. The second kappa shape index (κ2) is 7.15. The molecule has 0 saturated heterocycles. The summed E-state index contributed by atoms with van der Waals surface area (Å²) in [5.41, 5.74) is 5.81. The number of hydrogen-bond donors (Lipinski definition) is 3. The minimum atomic E-state index is -1.07. The SMILES string of the molecule is CCCCC(C)CN/C(C)=C(\N)C(=O)O. The van der Waals surface area contributed by atoms with Gasteiger partial charge >= 0.3 is 5.97 Å². The molecule has 0 aliphatic rings. The van der Waals surface area contributed by atoms with Crippen LogP contribution in [0.5, 0.6) is 0 Å². The molecule has 0 aliphatic heterocycles. The summed E-state index contributed by atoms with van der Waals surface area (Å²) in [5, 5.41) is 11.7. The molecule has 0 aromatic heterocycles. The quantitative estimate of drug-likeness (QED) is 0.564. The highest BCUT2D eigenvalue weighted by molar-refractivity contribution is 5.86. The van der Waals surface area contributed by atoms with Crippen LogP contribution in [-0.4, -0.2) is 17.6 Å². The smallest absolute Gasteiger partial charge is 0.353 e. The van der Waals surface area contributed by atoms with Gasteiger partial charge in [-0.1, -0.05) is 26.7 Å². The summed E-state index contributed by atoms with van der Waals surface area (Å²) in [6, 6.07) is 0. The van der Waals surface area contributed by atoms with Crippen LogP contribution in [0.2, 0.25) is 0 Å². The molecule has 1 atom stereocenters. The maximum Gasteiger partial charge on any atom is 0.353 e. The van der Waals surface area contributed by atoms with E-state index in [1.807, 2.05) is 0 Å². The molecule has 88 valence electrons.